The molecular weight excluding hydrogens is 344 g/mol. The summed E-state index contributed by atoms with van der Waals surface area (Å²) in [6.07, 6.45) is 6.88. The third-order valence-electron chi connectivity index (χ3n) is 4.77. The number of nitriles is 1. The van der Waals surface area contributed by atoms with E-state index in [1.807, 2.05) is 13.0 Å². The van der Waals surface area contributed by atoms with Crippen molar-refractivity contribution < 1.29 is 19.1 Å². The van der Waals surface area contributed by atoms with Crippen LogP contribution in [0, 0.1) is 11.3 Å². The third kappa shape index (κ3) is 5.85. The van der Waals surface area contributed by atoms with Gasteiger partial charge in [0.05, 0.1) is 7.11 Å². The van der Waals surface area contributed by atoms with Gasteiger partial charge in [-0.3, -0.25) is 4.79 Å². The van der Waals surface area contributed by atoms with E-state index in [0.29, 0.717) is 17.9 Å². The second-order valence-corrected chi connectivity index (χ2v) is 6.49. The molecule has 1 amide bonds. The van der Waals surface area contributed by atoms with Crippen LogP contribution in [0.2, 0.25) is 0 Å². The van der Waals surface area contributed by atoms with Gasteiger partial charge in [-0.2, -0.15) is 5.26 Å². The number of amides is 1. The molecule has 2 rings (SSSR count). The highest BCUT2D eigenvalue weighted by Crippen LogP contribution is 2.22. The Labute approximate surface area is 160 Å². The van der Waals surface area contributed by atoms with Gasteiger partial charge >= 0.3 is 5.97 Å². The Kier molecular flexibility index (Phi) is 7.87. The van der Waals surface area contributed by atoms with E-state index in [1.165, 1.54) is 12.5 Å². The summed E-state index contributed by atoms with van der Waals surface area (Å²) in [5, 5.41) is 9.24. The molecule has 1 aliphatic rings. The number of carbonyl (C=O) groups excluding carboxylic acids is 2. The van der Waals surface area contributed by atoms with Crippen molar-refractivity contribution in [3.05, 3.63) is 35.4 Å². The molecular formula is C21H26N2O4. The summed E-state index contributed by atoms with van der Waals surface area (Å²) in [6, 6.07) is 9.00. The normalized spacial score (nSPS) is 14.9. The van der Waals surface area contributed by atoms with Gasteiger partial charge in [0.2, 0.25) is 0 Å². The highest BCUT2D eigenvalue weighted by molar-refractivity contribution is 5.98. The highest BCUT2D eigenvalue weighted by atomic mass is 16.5. The standard InChI is InChI=1S/C21H26N2O4/c1-3-23(18-7-5-4-6-8-18)20(24)15-27-21(25)17(14-22)13-16-9-11-19(26-2)12-10-16/h9-13,18H,3-8,15H2,1-2H3/b17-13+. The first-order valence-electron chi connectivity index (χ1n) is 9.31. The van der Waals surface area contributed by atoms with Crippen molar-refractivity contribution >= 4 is 18.0 Å². The molecule has 0 spiro atoms. The summed E-state index contributed by atoms with van der Waals surface area (Å²) in [7, 11) is 1.56. The summed E-state index contributed by atoms with van der Waals surface area (Å²) in [4.78, 5) is 26.4. The maximum absolute atomic E-state index is 12.5. The number of benzene rings is 1. The van der Waals surface area contributed by atoms with E-state index in [1.54, 1.807) is 36.3 Å². The number of methoxy groups -OCH3 is 1. The fraction of sp³-hybridized carbons (Fsp3) is 0.476. The summed E-state index contributed by atoms with van der Waals surface area (Å²) < 4.78 is 10.2. The van der Waals surface area contributed by atoms with Crippen LogP contribution in [0.5, 0.6) is 5.75 Å². The summed E-state index contributed by atoms with van der Waals surface area (Å²) >= 11 is 0. The first kappa shape index (κ1) is 20.5. The van der Waals surface area contributed by atoms with E-state index >= 15 is 0 Å². The molecule has 1 fully saturated rings. The number of esters is 1. The van der Waals surface area contributed by atoms with Crippen LogP contribution in [0.3, 0.4) is 0 Å². The number of hydrogen-bond acceptors (Lipinski definition) is 5. The fourth-order valence-corrected chi connectivity index (χ4v) is 3.32. The number of hydrogen-bond donors (Lipinski definition) is 0. The summed E-state index contributed by atoms with van der Waals surface area (Å²) in [5.41, 5.74) is 0.529. The first-order chi connectivity index (χ1) is 13.1. The number of likely N-dealkylation sites (N-methyl/N-ethyl adjacent to an activating group) is 1. The summed E-state index contributed by atoms with van der Waals surface area (Å²) in [5.74, 6) is -0.318. The number of ether oxygens (including phenoxy) is 2. The second-order valence-electron chi connectivity index (χ2n) is 6.49. The zero-order chi connectivity index (χ0) is 19.6. The first-order valence-corrected chi connectivity index (χ1v) is 9.31. The van der Waals surface area contributed by atoms with Crippen molar-refractivity contribution in [2.45, 2.75) is 45.1 Å². The molecule has 0 aliphatic heterocycles. The summed E-state index contributed by atoms with van der Waals surface area (Å²) in [6.45, 7) is 2.18. The zero-order valence-corrected chi connectivity index (χ0v) is 15.9. The van der Waals surface area contributed by atoms with Crippen LogP contribution >= 0.6 is 0 Å². The smallest absolute Gasteiger partial charge is 0.349 e. The molecule has 0 atom stereocenters. The van der Waals surface area contributed by atoms with Gasteiger partial charge in [0, 0.05) is 12.6 Å². The molecule has 1 aromatic carbocycles. The van der Waals surface area contributed by atoms with Gasteiger partial charge in [-0.15, -0.1) is 0 Å². The molecule has 0 aromatic heterocycles. The molecule has 0 radical (unpaired) electrons. The van der Waals surface area contributed by atoms with E-state index < -0.39 is 5.97 Å². The Morgan fingerprint density at radius 1 is 1.22 bits per heavy atom. The van der Waals surface area contributed by atoms with E-state index in [0.717, 1.165) is 25.7 Å². The van der Waals surface area contributed by atoms with Gasteiger partial charge < -0.3 is 14.4 Å². The van der Waals surface area contributed by atoms with Crippen LogP contribution in [0.25, 0.3) is 6.08 Å². The monoisotopic (exact) mass is 370 g/mol. The molecule has 0 saturated heterocycles. The Bertz CT molecular complexity index is 713. The van der Waals surface area contributed by atoms with Gasteiger partial charge in [0.15, 0.2) is 6.61 Å². The maximum atomic E-state index is 12.5. The third-order valence-corrected chi connectivity index (χ3v) is 4.77. The maximum Gasteiger partial charge on any atom is 0.349 e. The van der Waals surface area contributed by atoms with E-state index in [-0.39, 0.29) is 24.1 Å². The molecule has 0 N–H and O–H groups in total. The average Bonchev–Trinajstić information content (AvgIpc) is 2.72. The SMILES string of the molecule is CCN(C(=O)COC(=O)/C(C#N)=C/c1ccc(OC)cc1)C1CCCCC1. The molecule has 0 bridgehead atoms. The predicted octanol–water partition coefficient (Wildman–Crippen LogP) is 3.33. The Morgan fingerprint density at radius 2 is 1.89 bits per heavy atom. The molecule has 27 heavy (non-hydrogen) atoms. The largest absolute Gasteiger partial charge is 0.497 e. The Hall–Kier alpha value is -2.81. The van der Waals surface area contributed by atoms with Crippen LogP contribution in [0.4, 0.5) is 0 Å². The van der Waals surface area contributed by atoms with Gasteiger partial charge in [-0.25, -0.2) is 4.79 Å². The van der Waals surface area contributed by atoms with Crippen molar-refractivity contribution in [3.8, 4) is 11.8 Å². The van der Waals surface area contributed by atoms with Crippen molar-refractivity contribution in [3.63, 3.8) is 0 Å². The minimum atomic E-state index is -0.790. The fourth-order valence-electron chi connectivity index (χ4n) is 3.32. The highest BCUT2D eigenvalue weighted by Gasteiger charge is 2.25. The van der Waals surface area contributed by atoms with E-state index in [2.05, 4.69) is 0 Å². The van der Waals surface area contributed by atoms with Crippen LogP contribution in [0.1, 0.15) is 44.6 Å². The molecule has 1 aliphatic carbocycles. The molecule has 1 saturated carbocycles. The van der Waals surface area contributed by atoms with Crippen LogP contribution < -0.4 is 4.74 Å². The van der Waals surface area contributed by atoms with Gasteiger partial charge in [-0.1, -0.05) is 31.4 Å². The molecule has 0 unspecified atom stereocenters. The Balaban J connectivity index is 1.96. The van der Waals surface area contributed by atoms with Gasteiger partial charge in [-0.05, 0) is 43.5 Å². The lowest BCUT2D eigenvalue weighted by Crippen LogP contribution is -2.43. The van der Waals surface area contributed by atoms with Crippen LogP contribution in [-0.2, 0) is 14.3 Å². The lowest BCUT2D eigenvalue weighted by Gasteiger charge is -2.33. The predicted molar refractivity (Wildman–Crippen MR) is 102 cm³/mol. The van der Waals surface area contributed by atoms with E-state index in [9.17, 15) is 14.9 Å². The van der Waals surface area contributed by atoms with Gasteiger partial charge in [0.1, 0.15) is 17.4 Å². The lowest BCUT2D eigenvalue weighted by molar-refractivity contribution is -0.150. The lowest BCUT2D eigenvalue weighted by atomic mass is 9.94. The molecule has 0 heterocycles. The van der Waals surface area contributed by atoms with E-state index in [4.69, 9.17) is 9.47 Å². The van der Waals surface area contributed by atoms with Gasteiger partial charge in [0.25, 0.3) is 5.91 Å². The molecule has 6 heteroatoms. The number of nitrogens with zero attached hydrogens (tertiary/aromatic N) is 2. The number of carbonyl (C=O) groups is 2. The van der Waals surface area contributed by atoms with Crippen molar-refractivity contribution in [2.24, 2.45) is 0 Å². The zero-order valence-electron chi connectivity index (χ0n) is 15.9. The van der Waals surface area contributed by atoms with Crippen molar-refractivity contribution in [1.29, 1.82) is 5.26 Å². The second kappa shape index (κ2) is 10.4. The quantitative estimate of drug-likeness (QED) is 0.418. The topological polar surface area (TPSA) is 79.6 Å². The number of rotatable bonds is 7. The van der Waals surface area contributed by atoms with Crippen LogP contribution in [0.15, 0.2) is 29.8 Å². The van der Waals surface area contributed by atoms with Crippen molar-refractivity contribution in [2.75, 3.05) is 20.3 Å². The van der Waals surface area contributed by atoms with Crippen molar-refractivity contribution in [1.82, 2.24) is 4.90 Å². The minimum Gasteiger partial charge on any atom is -0.497 e. The molecule has 6 nitrogen and oxygen atoms in total. The average molecular weight is 370 g/mol. The van der Waals surface area contributed by atoms with Crippen LogP contribution in [-0.4, -0.2) is 43.1 Å². The molecule has 144 valence electrons. The Morgan fingerprint density at radius 3 is 2.44 bits per heavy atom. The minimum absolute atomic E-state index is 0.145. The molecule has 1 aromatic rings.